The number of benzene rings is 1. The molecule has 0 radical (unpaired) electrons. The van der Waals surface area contributed by atoms with Crippen LogP contribution in [0.25, 0.3) is 10.9 Å². The van der Waals surface area contributed by atoms with Crippen molar-refractivity contribution in [1.29, 1.82) is 0 Å². The highest BCUT2D eigenvalue weighted by Crippen LogP contribution is 2.22. The van der Waals surface area contributed by atoms with Crippen molar-refractivity contribution in [2.45, 2.75) is 13.2 Å². The van der Waals surface area contributed by atoms with Gasteiger partial charge in [0.05, 0.1) is 18.8 Å². The number of para-hydroxylation sites is 1. The largest absolute Gasteiger partial charge is 0.392 e. The molecule has 2 aromatic heterocycles. The van der Waals surface area contributed by atoms with Gasteiger partial charge in [-0.2, -0.15) is 0 Å². The summed E-state index contributed by atoms with van der Waals surface area (Å²) in [7, 11) is 0. The highest BCUT2D eigenvalue weighted by Gasteiger charge is 2.08. The number of aromatic nitrogens is 2. The number of rotatable bonds is 3. The molecule has 0 spiro atoms. The van der Waals surface area contributed by atoms with E-state index < -0.39 is 0 Å². The third kappa shape index (κ3) is 2.35. The molecular weight excluding hydrogens is 260 g/mol. The van der Waals surface area contributed by atoms with Crippen LogP contribution in [0.1, 0.15) is 11.3 Å². The van der Waals surface area contributed by atoms with E-state index in [1.165, 1.54) is 0 Å². The molecule has 0 saturated heterocycles. The Morgan fingerprint density at radius 3 is 2.74 bits per heavy atom. The van der Waals surface area contributed by atoms with Crippen molar-refractivity contribution in [2.24, 2.45) is 0 Å². The van der Waals surface area contributed by atoms with E-state index in [0.717, 1.165) is 22.2 Å². The molecule has 0 bridgehead atoms. The zero-order valence-electron chi connectivity index (χ0n) is 10.3. The maximum absolute atomic E-state index is 9.41. The van der Waals surface area contributed by atoms with Gasteiger partial charge in [0, 0.05) is 22.7 Å². The van der Waals surface area contributed by atoms with Crippen LogP contribution in [0.4, 0.5) is 0 Å². The fraction of sp³-hybridized carbons (Fsp3) is 0.133. The minimum absolute atomic E-state index is 0.0382. The lowest BCUT2D eigenvalue weighted by atomic mass is 10.2. The molecular formula is C15H13ClN2O. The van der Waals surface area contributed by atoms with Crippen molar-refractivity contribution in [3.05, 3.63) is 65.1 Å². The quantitative estimate of drug-likeness (QED) is 0.744. The summed E-state index contributed by atoms with van der Waals surface area (Å²) in [4.78, 5) is 4.29. The molecule has 4 heteroatoms. The lowest BCUT2D eigenvalue weighted by Gasteiger charge is -2.05. The normalized spacial score (nSPS) is 11.1. The van der Waals surface area contributed by atoms with E-state index >= 15 is 0 Å². The number of pyridine rings is 1. The summed E-state index contributed by atoms with van der Waals surface area (Å²) in [5, 5.41) is 11.0. The summed E-state index contributed by atoms with van der Waals surface area (Å²) in [6, 6.07) is 13.6. The Hall–Kier alpha value is -1.84. The monoisotopic (exact) mass is 272 g/mol. The fourth-order valence-corrected chi connectivity index (χ4v) is 2.47. The fourth-order valence-electron chi connectivity index (χ4n) is 2.29. The van der Waals surface area contributed by atoms with Crippen molar-refractivity contribution in [3.63, 3.8) is 0 Å². The van der Waals surface area contributed by atoms with Crippen LogP contribution in [-0.2, 0) is 13.2 Å². The summed E-state index contributed by atoms with van der Waals surface area (Å²) < 4.78 is 2.08. The second-order valence-corrected chi connectivity index (χ2v) is 4.80. The van der Waals surface area contributed by atoms with Gasteiger partial charge in [-0.3, -0.25) is 0 Å². The Kier molecular flexibility index (Phi) is 3.23. The van der Waals surface area contributed by atoms with Gasteiger partial charge in [0.25, 0.3) is 0 Å². The number of fused-ring (bicyclic) bond motifs is 1. The minimum Gasteiger partial charge on any atom is -0.392 e. The zero-order valence-corrected chi connectivity index (χ0v) is 11.0. The highest BCUT2D eigenvalue weighted by molar-refractivity contribution is 6.29. The highest BCUT2D eigenvalue weighted by atomic mass is 35.5. The van der Waals surface area contributed by atoms with E-state index in [1.807, 2.05) is 42.6 Å². The van der Waals surface area contributed by atoms with Crippen LogP contribution in [0.3, 0.4) is 0 Å². The third-order valence-electron chi connectivity index (χ3n) is 3.15. The van der Waals surface area contributed by atoms with E-state index in [1.54, 1.807) is 6.07 Å². The molecule has 0 amide bonds. The maximum Gasteiger partial charge on any atom is 0.129 e. The Labute approximate surface area is 116 Å². The van der Waals surface area contributed by atoms with E-state index in [9.17, 15) is 5.11 Å². The summed E-state index contributed by atoms with van der Waals surface area (Å²) in [5.74, 6) is 0. The molecule has 0 unspecified atom stereocenters. The standard InChI is InChI=1S/C15H13ClN2O/c16-15-7-3-4-12(17-15)9-18-8-11(10-19)13-5-1-2-6-14(13)18/h1-8,19H,9-10H2. The Balaban J connectivity index is 2.06. The van der Waals surface area contributed by atoms with Crippen molar-refractivity contribution < 1.29 is 5.11 Å². The first-order chi connectivity index (χ1) is 9.28. The van der Waals surface area contributed by atoms with Gasteiger partial charge in [0.1, 0.15) is 5.15 Å². The molecule has 3 rings (SSSR count). The predicted molar refractivity (Wildman–Crippen MR) is 76.2 cm³/mol. The second kappa shape index (κ2) is 5.03. The van der Waals surface area contributed by atoms with E-state index in [0.29, 0.717) is 11.7 Å². The number of aliphatic hydroxyl groups excluding tert-OH is 1. The van der Waals surface area contributed by atoms with Gasteiger partial charge in [0.15, 0.2) is 0 Å². The number of nitrogens with zero attached hydrogens (tertiary/aromatic N) is 2. The van der Waals surface area contributed by atoms with E-state index in [-0.39, 0.29) is 6.61 Å². The number of aliphatic hydroxyl groups is 1. The molecule has 3 nitrogen and oxygen atoms in total. The van der Waals surface area contributed by atoms with Crippen molar-refractivity contribution >= 4 is 22.5 Å². The van der Waals surface area contributed by atoms with E-state index in [4.69, 9.17) is 11.6 Å². The van der Waals surface area contributed by atoms with Crippen molar-refractivity contribution in [2.75, 3.05) is 0 Å². The number of hydrogen-bond donors (Lipinski definition) is 1. The van der Waals surface area contributed by atoms with Gasteiger partial charge in [-0.25, -0.2) is 4.98 Å². The maximum atomic E-state index is 9.41. The summed E-state index contributed by atoms with van der Waals surface area (Å²) >= 11 is 5.90. The molecule has 19 heavy (non-hydrogen) atoms. The molecule has 1 N–H and O–H groups in total. The molecule has 0 atom stereocenters. The molecule has 3 aromatic rings. The van der Waals surface area contributed by atoms with Crippen molar-refractivity contribution in [1.82, 2.24) is 9.55 Å². The van der Waals surface area contributed by atoms with Crippen LogP contribution >= 0.6 is 11.6 Å². The molecule has 0 saturated carbocycles. The van der Waals surface area contributed by atoms with Crippen LogP contribution in [0, 0.1) is 0 Å². The molecule has 0 aliphatic carbocycles. The molecule has 1 aromatic carbocycles. The lowest BCUT2D eigenvalue weighted by molar-refractivity contribution is 0.283. The van der Waals surface area contributed by atoms with Gasteiger partial charge in [-0.1, -0.05) is 35.9 Å². The van der Waals surface area contributed by atoms with Gasteiger partial charge < -0.3 is 9.67 Å². The van der Waals surface area contributed by atoms with Gasteiger partial charge in [0.2, 0.25) is 0 Å². The molecule has 2 heterocycles. The summed E-state index contributed by atoms with van der Waals surface area (Å²) in [6.45, 7) is 0.678. The second-order valence-electron chi connectivity index (χ2n) is 4.41. The average Bonchev–Trinajstić information content (AvgIpc) is 2.77. The Morgan fingerprint density at radius 2 is 1.95 bits per heavy atom. The van der Waals surface area contributed by atoms with Crippen LogP contribution < -0.4 is 0 Å². The number of halogens is 1. The molecule has 96 valence electrons. The SMILES string of the molecule is OCc1cn(Cc2cccc(Cl)n2)c2ccccc12. The predicted octanol–water partition coefficient (Wildman–Crippen LogP) is 3.23. The van der Waals surface area contributed by atoms with Gasteiger partial charge >= 0.3 is 0 Å². The first-order valence-electron chi connectivity index (χ1n) is 6.07. The number of hydrogen-bond acceptors (Lipinski definition) is 2. The summed E-state index contributed by atoms with van der Waals surface area (Å²) in [6.07, 6.45) is 1.97. The zero-order chi connectivity index (χ0) is 13.2. The Bertz CT molecular complexity index is 721. The van der Waals surface area contributed by atoms with Crippen LogP contribution in [0.5, 0.6) is 0 Å². The average molecular weight is 273 g/mol. The van der Waals surface area contributed by atoms with Gasteiger partial charge in [-0.15, -0.1) is 0 Å². The van der Waals surface area contributed by atoms with Crippen LogP contribution in [0.15, 0.2) is 48.7 Å². The third-order valence-corrected chi connectivity index (χ3v) is 3.36. The molecule has 0 aliphatic heterocycles. The van der Waals surface area contributed by atoms with Gasteiger partial charge in [-0.05, 0) is 18.2 Å². The van der Waals surface area contributed by atoms with Crippen LogP contribution in [0.2, 0.25) is 5.15 Å². The lowest BCUT2D eigenvalue weighted by Crippen LogP contribution is -2.00. The van der Waals surface area contributed by atoms with Crippen LogP contribution in [-0.4, -0.2) is 14.7 Å². The molecule has 0 fully saturated rings. The molecule has 0 aliphatic rings. The topological polar surface area (TPSA) is 38.0 Å². The summed E-state index contributed by atoms with van der Waals surface area (Å²) in [5.41, 5.74) is 2.92. The smallest absolute Gasteiger partial charge is 0.129 e. The minimum atomic E-state index is 0.0382. The van der Waals surface area contributed by atoms with E-state index in [2.05, 4.69) is 9.55 Å². The van der Waals surface area contributed by atoms with Crippen molar-refractivity contribution in [3.8, 4) is 0 Å². The Morgan fingerprint density at radius 1 is 1.11 bits per heavy atom. The first-order valence-corrected chi connectivity index (χ1v) is 6.45. The first kappa shape index (κ1) is 12.2.